The molecule has 1 aromatic rings. The number of carbonyl (C=O) groups is 1. The van der Waals surface area contributed by atoms with Gasteiger partial charge in [0.15, 0.2) is 0 Å². The van der Waals surface area contributed by atoms with Crippen molar-refractivity contribution in [3.05, 3.63) is 23.8 Å². The van der Waals surface area contributed by atoms with Crippen LogP contribution in [0.3, 0.4) is 0 Å². The molecular formula is C14H18N2O3. The van der Waals surface area contributed by atoms with Crippen molar-refractivity contribution in [2.45, 2.75) is 6.92 Å². The lowest BCUT2D eigenvalue weighted by Crippen LogP contribution is -2.30. The van der Waals surface area contributed by atoms with Crippen molar-refractivity contribution < 1.29 is 14.3 Å². The molecule has 0 spiro atoms. The number of benzene rings is 1. The first-order chi connectivity index (χ1) is 9.03. The second kappa shape index (κ2) is 6.64. The Morgan fingerprint density at radius 2 is 2.11 bits per heavy atom. The van der Waals surface area contributed by atoms with E-state index in [1.807, 2.05) is 0 Å². The van der Waals surface area contributed by atoms with Crippen LogP contribution in [-0.2, 0) is 0 Å². The lowest BCUT2D eigenvalue weighted by molar-refractivity contribution is 0.0781. The van der Waals surface area contributed by atoms with Crippen LogP contribution in [0.1, 0.15) is 17.3 Å². The number of hydrogen-bond acceptors (Lipinski definition) is 4. The molecule has 0 bridgehead atoms. The first-order valence-electron chi connectivity index (χ1n) is 5.90. The molecule has 0 radical (unpaired) electrons. The van der Waals surface area contributed by atoms with E-state index >= 15 is 0 Å². The Labute approximate surface area is 113 Å². The number of amides is 1. The van der Waals surface area contributed by atoms with Gasteiger partial charge in [0.25, 0.3) is 5.91 Å². The number of rotatable bonds is 5. The molecule has 0 fully saturated rings. The zero-order valence-corrected chi connectivity index (χ0v) is 11.6. The summed E-state index contributed by atoms with van der Waals surface area (Å²) in [4.78, 5) is 13.8. The van der Waals surface area contributed by atoms with Crippen molar-refractivity contribution in [3.8, 4) is 17.6 Å². The predicted octanol–water partition coefficient (Wildman–Crippen LogP) is 1.94. The SMILES string of the molecule is COc1ccc(C(=O)N(C)C[C@@H](C)C#N)c(OC)c1. The van der Waals surface area contributed by atoms with E-state index in [-0.39, 0.29) is 11.8 Å². The largest absolute Gasteiger partial charge is 0.497 e. The van der Waals surface area contributed by atoms with E-state index in [1.165, 1.54) is 12.0 Å². The Balaban J connectivity index is 2.96. The van der Waals surface area contributed by atoms with Gasteiger partial charge in [-0.05, 0) is 19.1 Å². The summed E-state index contributed by atoms with van der Waals surface area (Å²) in [6, 6.07) is 7.13. The topological polar surface area (TPSA) is 62.6 Å². The standard InChI is InChI=1S/C14H18N2O3/c1-10(8-15)9-16(2)14(17)12-6-5-11(18-3)7-13(12)19-4/h5-7,10H,9H2,1-4H3/t10-/m0/s1. The average molecular weight is 262 g/mol. The lowest BCUT2D eigenvalue weighted by Gasteiger charge is -2.19. The highest BCUT2D eigenvalue weighted by atomic mass is 16.5. The minimum absolute atomic E-state index is 0.179. The monoisotopic (exact) mass is 262 g/mol. The van der Waals surface area contributed by atoms with E-state index in [4.69, 9.17) is 14.7 Å². The number of nitriles is 1. The number of ether oxygens (including phenoxy) is 2. The molecule has 0 unspecified atom stereocenters. The molecule has 0 aromatic heterocycles. The van der Waals surface area contributed by atoms with Gasteiger partial charge in [0, 0.05) is 19.7 Å². The number of carbonyl (C=O) groups excluding carboxylic acids is 1. The Morgan fingerprint density at radius 1 is 1.42 bits per heavy atom. The Morgan fingerprint density at radius 3 is 2.63 bits per heavy atom. The van der Waals surface area contributed by atoms with Gasteiger partial charge in [-0.3, -0.25) is 4.79 Å². The maximum atomic E-state index is 12.3. The van der Waals surface area contributed by atoms with Gasteiger partial charge < -0.3 is 14.4 Å². The molecule has 1 rings (SSSR count). The van der Waals surface area contributed by atoms with Crippen molar-refractivity contribution in [3.63, 3.8) is 0 Å². The quantitative estimate of drug-likeness (QED) is 0.813. The zero-order valence-electron chi connectivity index (χ0n) is 11.6. The summed E-state index contributed by atoms with van der Waals surface area (Å²) in [6.45, 7) is 2.15. The molecular weight excluding hydrogens is 244 g/mol. The summed E-state index contributed by atoms with van der Waals surface area (Å²) in [6.07, 6.45) is 0. The molecule has 19 heavy (non-hydrogen) atoms. The fourth-order valence-corrected chi connectivity index (χ4v) is 1.72. The fraction of sp³-hybridized carbons (Fsp3) is 0.429. The molecule has 0 aliphatic heterocycles. The molecule has 5 heteroatoms. The van der Waals surface area contributed by atoms with Crippen LogP contribution in [0, 0.1) is 17.2 Å². The lowest BCUT2D eigenvalue weighted by atomic mass is 10.1. The van der Waals surface area contributed by atoms with Crippen LogP contribution in [0.2, 0.25) is 0 Å². The molecule has 0 saturated heterocycles. The Bertz CT molecular complexity index is 494. The molecule has 1 atom stereocenters. The molecule has 5 nitrogen and oxygen atoms in total. The van der Waals surface area contributed by atoms with E-state index in [0.29, 0.717) is 23.6 Å². The first-order valence-corrected chi connectivity index (χ1v) is 5.90. The minimum Gasteiger partial charge on any atom is -0.497 e. The normalized spacial score (nSPS) is 11.3. The van der Waals surface area contributed by atoms with Crippen LogP contribution in [0.15, 0.2) is 18.2 Å². The van der Waals surface area contributed by atoms with Crippen molar-refractivity contribution in [1.82, 2.24) is 4.90 Å². The molecule has 0 aliphatic rings. The Kier molecular flexibility index (Phi) is 5.19. The highest BCUT2D eigenvalue weighted by molar-refractivity contribution is 5.97. The van der Waals surface area contributed by atoms with Crippen LogP contribution in [0.5, 0.6) is 11.5 Å². The molecule has 0 N–H and O–H groups in total. The minimum atomic E-state index is -0.210. The summed E-state index contributed by atoms with van der Waals surface area (Å²) >= 11 is 0. The van der Waals surface area contributed by atoms with Crippen molar-refractivity contribution in [2.75, 3.05) is 27.8 Å². The van der Waals surface area contributed by atoms with Gasteiger partial charge in [0.05, 0.1) is 31.8 Å². The predicted molar refractivity (Wildman–Crippen MR) is 71.3 cm³/mol. The summed E-state index contributed by atoms with van der Waals surface area (Å²) in [7, 11) is 4.72. The van der Waals surface area contributed by atoms with Crippen molar-refractivity contribution in [1.29, 1.82) is 5.26 Å². The second-order valence-electron chi connectivity index (χ2n) is 4.28. The molecule has 0 saturated carbocycles. The molecule has 0 heterocycles. The maximum absolute atomic E-state index is 12.3. The van der Waals surface area contributed by atoms with Crippen LogP contribution in [0.25, 0.3) is 0 Å². The summed E-state index contributed by atoms with van der Waals surface area (Å²) in [5, 5.41) is 8.78. The third kappa shape index (κ3) is 3.62. The van der Waals surface area contributed by atoms with E-state index in [9.17, 15) is 4.79 Å². The smallest absolute Gasteiger partial charge is 0.257 e. The second-order valence-corrected chi connectivity index (χ2v) is 4.28. The van der Waals surface area contributed by atoms with E-state index < -0.39 is 0 Å². The molecule has 102 valence electrons. The van der Waals surface area contributed by atoms with Crippen LogP contribution >= 0.6 is 0 Å². The van der Waals surface area contributed by atoms with Gasteiger partial charge in [-0.1, -0.05) is 0 Å². The number of hydrogen-bond donors (Lipinski definition) is 0. The maximum Gasteiger partial charge on any atom is 0.257 e. The Hall–Kier alpha value is -2.22. The fourth-order valence-electron chi connectivity index (χ4n) is 1.72. The average Bonchev–Trinajstić information content (AvgIpc) is 2.45. The van der Waals surface area contributed by atoms with Gasteiger partial charge in [-0.25, -0.2) is 0 Å². The van der Waals surface area contributed by atoms with Gasteiger partial charge in [-0.2, -0.15) is 5.26 Å². The van der Waals surface area contributed by atoms with Crippen molar-refractivity contribution in [2.24, 2.45) is 5.92 Å². The van der Waals surface area contributed by atoms with Gasteiger partial charge in [-0.15, -0.1) is 0 Å². The van der Waals surface area contributed by atoms with Crippen molar-refractivity contribution >= 4 is 5.91 Å². The zero-order chi connectivity index (χ0) is 14.4. The highest BCUT2D eigenvalue weighted by Crippen LogP contribution is 2.25. The number of methoxy groups -OCH3 is 2. The summed E-state index contributed by atoms with van der Waals surface area (Å²) in [5.41, 5.74) is 0.455. The third-order valence-electron chi connectivity index (χ3n) is 2.75. The van der Waals surface area contributed by atoms with Gasteiger partial charge >= 0.3 is 0 Å². The first kappa shape index (κ1) is 14.8. The van der Waals surface area contributed by atoms with Gasteiger partial charge in [0.2, 0.25) is 0 Å². The highest BCUT2D eigenvalue weighted by Gasteiger charge is 2.18. The summed E-state index contributed by atoms with van der Waals surface area (Å²) < 4.78 is 10.3. The van der Waals surface area contributed by atoms with Crippen LogP contribution in [-0.4, -0.2) is 38.6 Å². The molecule has 1 aromatic carbocycles. The van der Waals surface area contributed by atoms with E-state index in [0.717, 1.165) is 0 Å². The molecule has 0 aliphatic carbocycles. The van der Waals surface area contributed by atoms with Gasteiger partial charge in [0.1, 0.15) is 11.5 Å². The van der Waals surface area contributed by atoms with Crippen LogP contribution < -0.4 is 9.47 Å². The molecule has 1 amide bonds. The van der Waals surface area contributed by atoms with E-state index in [1.54, 1.807) is 39.3 Å². The van der Waals surface area contributed by atoms with E-state index in [2.05, 4.69) is 6.07 Å². The van der Waals surface area contributed by atoms with Crippen LogP contribution in [0.4, 0.5) is 0 Å². The number of nitrogens with zero attached hydrogens (tertiary/aromatic N) is 2. The summed E-state index contributed by atoms with van der Waals surface area (Å²) in [5.74, 6) is 0.696. The third-order valence-corrected chi connectivity index (χ3v) is 2.75.